The van der Waals surface area contributed by atoms with Gasteiger partial charge in [-0.25, -0.2) is 4.98 Å². The molecule has 0 N–H and O–H groups in total. The molecule has 0 aliphatic heterocycles. The Labute approximate surface area is 147 Å². The van der Waals surface area contributed by atoms with E-state index < -0.39 is 5.97 Å². The van der Waals surface area contributed by atoms with Gasteiger partial charge in [-0.3, -0.25) is 18.8 Å². The van der Waals surface area contributed by atoms with Gasteiger partial charge in [0.1, 0.15) is 6.61 Å². The standard InChI is InChI=1S/C18H16N2O4S/c1-12-2-4-13(5-3-12)15(21)6-7-17(23)24-11-14-10-16(22)20-8-9-25-18(20)19-14/h2-5,8-10H,6-7,11H2,1H3. The largest absolute Gasteiger partial charge is 0.459 e. The number of hydrogen-bond acceptors (Lipinski definition) is 6. The summed E-state index contributed by atoms with van der Waals surface area (Å²) in [5, 5.41) is 1.76. The first-order chi connectivity index (χ1) is 12.0. The lowest BCUT2D eigenvalue weighted by atomic mass is 10.1. The summed E-state index contributed by atoms with van der Waals surface area (Å²) in [5.74, 6) is -0.595. The summed E-state index contributed by atoms with van der Waals surface area (Å²) in [5.41, 5.74) is 1.83. The lowest BCUT2D eigenvalue weighted by Crippen LogP contribution is -2.15. The molecule has 2 heterocycles. The number of ketones is 1. The molecule has 0 saturated carbocycles. The predicted molar refractivity (Wildman–Crippen MR) is 93.9 cm³/mol. The third-order valence-corrected chi connectivity index (χ3v) is 4.42. The highest BCUT2D eigenvalue weighted by atomic mass is 32.1. The van der Waals surface area contributed by atoms with Crippen molar-refractivity contribution in [1.29, 1.82) is 0 Å². The van der Waals surface area contributed by atoms with E-state index in [1.54, 1.807) is 23.7 Å². The van der Waals surface area contributed by atoms with Gasteiger partial charge in [-0.05, 0) is 6.92 Å². The SMILES string of the molecule is Cc1ccc(C(=O)CCC(=O)OCc2cc(=O)n3ccsc3n2)cc1. The van der Waals surface area contributed by atoms with Crippen LogP contribution >= 0.6 is 11.3 Å². The van der Waals surface area contributed by atoms with Crippen LogP contribution < -0.4 is 5.56 Å². The van der Waals surface area contributed by atoms with E-state index in [1.165, 1.54) is 21.8 Å². The molecule has 0 fully saturated rings. The zero-order chi connectivity index (χ0) is 17.8. The molecule has 1 aromatic carbocycles. The van der Waals surface area contributed by atoms with Crippen LogP contribution in [0.4, 0.5) is 0 Å². The highest BCUT2D eigenvalue weighted by Gasteiger charge is 2.11. The smallest absolute Gasteiger partial charge is 0.306 e. The second-order valence-corrected chi connectivity index (χ2v) is 6.46. The van der Waals surface area contributed by atoms with Crippen molar-refractivity contribution in [2.75, 3.05) is 0 Å². The zero-order valence-corrected chi connectivity index (χ0v) is 14.4. The molecule has 2 aromatic heterocycles. The lowest BCUT2D eigenvalue weighted by molar-refractivity contribution is -0.145. The molecule has 3 rings (SSSR count). The molecule has 0 atom stereocenters. The number of ether oxygens (including phenoxy) is 1. The molecule has 3 aromatic rings. The van der Waals surface area contributed by atoms with Crippen LogP contribution in [0.25, 0.3) is 4.96 Å². The quantitative estimate of drug-likeness (QED) is 0.501. The van der Waals surface area contributed by atoms with E-state index in [9.17, 15) is 14.4 Å². The maximum atomic E-state index is 12.0. The predicted octanol–water partition coefficient (Wildman–Crippen LogP) is 2.77. The van der Waals surface area contributed by atoms with Crippen LogP contribution in [-0.4, -0.2) is 21.1 Å². The van der Waals surface area contributed by atoms with Gasteiger partial charge in [0.05, 0.1) is 12.1 Å². The minimum atomic E-state index is -0.492. The number of aryl methyl sites for hydroxylation is 1. The van der Waals surface area contributed by atoms with Crippen LogP contribution in [0.1, 0.15) is 34.5 Å². The number of carbonyl (C=O) groups is 2. The fourth-order valence-electron chi connectivity index (χ4n) is 2.29. The van der Waals surface area contributed by atoms with E-state index in [-0.39, 0.29) is 30.8 Å². The van der Waals surface area contributed by atoms with E-state index in [0.29, 0.717) is 16.2 Å². The van der Waals surface area contributed by atoms with E-state index >= 15 is 0 Å². The van der Waals surface area contributed by atoms with Crippen LogP contribution in [0.15, 0.2) is 46.7 Å². The molecule has 7 heteroatoms. The number of Topliss-reactive ketones (excluding diaryl/α,β-unsaturated/α-hetero) is 1. The Kier molecular flexibility index (Phi) is 5.04. The number of nitrogens with zero attached hydrogens (tertiary/aromatic N) is 2. The molecule has 0 aliphatic rings. The third-order valence-electron chi connectivity index (χ3n) is 3.67. The average molecular weight is 356 g/mol. The van der Waals surface area contributed by atoms with Crippen molar-refractivity contribution in [1.82, 2.24) is 9.38 Å². The molecule has 0 bridgehead atoms. The number of thiazole rings is 1. The first kappa shape index (κ1) is 17.0. The summed E-state index contributed by atoms with van der Waals surface area (Å²) in [7, 11) is 0. The molecular formula is C18H16N2O4S. The highest BCUT2D eigenvalue weighted by Crippen LogP contribution is 2.10. The van der Waals surface area contributed by atoms with Crippen LogP contribution in [0.5, 0.6) is 0 Å². The van der Waals surface area contributed by atoms with Crippen LogP contribution in [-0.2, 0) is 16.1 Å². The van der Waals surface area contributed by atoms with Crippen molar-refractivity contribution >= 4 is 28.1 Å². The van der Waals surface area contributed by atoms with E-state index in [1.807, 2.05) is 19.1 Å². The van der Waals surface area contributed by atoms with Crippen molar-refractivity contribution in [3.8, 4) is 0 Å². The number of benzene rings is 1. The fourth-order valence-corrected chi connectivity index (χ4v) is 3.03. The van der Waals surface area contributed by atoms with Crippen molar-refractivity contribution in [2.45, 2.75) is 26.4 Å². The number of fused-ring (bicyclic) bond motifs is 1. The van der Waals surface area contributed by atoms with E-state index in [2.05, 4.69) is 4.98 Å². The molecule has 0 aliphatic carbocycles. The van der Waals surface area contributed by atoms with Gasteiger partial charge in [0, 0.05) is 29.6 Å². The number of carbonyl (C=O) groups excluding carboxylic acids is 2. The van der Waals surface area contributed by atoms with Gasteiger partial charge in [-0.2, -0.15) is 0 Å². The van der Waals surface area contributed by atoms with E-state index in [4.69, 9.17) is 4.74 Å². The first-order valence-corrected chi connectivity index (χ1v) is 8.62. The molecule has 0 saturated heterocycles. The topological polar surface area (TPSA) is 77.7 Å². The van der Waals surface area contributed by atoms with E-state index in [0.717, 1.165) is 5.56 Å². The maximum absolute atomic E-state index is 12.0. The van der Waals surface area contributed by atoms with Crippen LogP contribution in [0, 0.1) is 6.92 Å². The van der Waals surface area contributed by atoms with Crippen molar-refractivity contribution in [3.63, 3.8) is 0 Å². The summed E-state index contributed by atoms with van der Waals surface area (Å²) < 4.78 is 6.54. The van der Waals surface area contributed by atoms with Crippen molar-refractivity contribution < 1.29 is 14.3 Å². The summed E-state index contributed by atoms with van der Waals surface area (Å²) in [6.45, 7) is 1.86. The van der Waals surface area contributed by atoms with Gasteiger partial charge in [0.25, 0.3) is 5.56 Å². The monoisotopic (exact) mass is 356 g/mol. The summed E-state index contributed by atoms with van der Waals surface area (Å²) in [6.07, 6.45) is 1.72. The first-order valence-electron chi connectivity index (χ1n) is 7.74. The van der Waals surface area contributed by atoms with Gasteiger partial charge >= 0.3 is 5.97 Å². The molecular weight excluding hydrogens is 340 g/mol. The second-order valence-electron chi connectivity index (χ2n) is 5.59. The summed E-state index contributed by atoms with van der Waals surface area (Å²) >= 11 is 1.33. The summed E-state index contributed by atoms with van der Waals surface area (Å²) in [4.78, 5) is 40.5. The molecule has 25 heavy (non-hydrogen) atoms. The molecule has 6 nitrogen and oxygen atoms in total. The van der Waals surface area contributed by atoms with Gasteiger partial charge in [0.15, 0.2) is 10.7 Å². The minimum absolute atomic E-state index is 0.00701. The number of aromatic nitrogens is 2. The Morgan fingerprint density at radius 1 is 1.20 bits per heavy atom. The minimum Gasteiger partial charge on any atom is -0.459 e. The van der Waals surface area contributed by atoms with Crippen molar-refractivity contribution in [2.24, 2.45) is 0 Å². The molecule has 0 spiro atoms. The number of rotatable bonds is 6. The molecule has 0 amide bonds. The Hall–Kier alpha value is -2.80. The lowest BCUT2D eigenvalue weighted by Gasteiger charge is -2.05. The zero-order valence-electron chi connectivity index (χ0n) is 13.6. The number of esters is 1. The van der Waals surface area contributed by atoms with Gasteiger partial charge < -0.3 is 4.74 Å². The van der Waals surface area contributed by atoms with Crippen molar-refractivity contribution in [3.05, 3.63) is 69.1 Å². The van der Waals surface area contributed by atoms with Gasteiger partial charge in [-0.15, -0.1) is 11.3 Å². The normalized spacial score (nSPS) is 10.8. The van der Waals surface area contributed by atoms with Crippen LogP contribution in [0.2, 0.25) is 0 Å². The molecule has 0 unspecified atom stereocenters. The Balaban J connectivity index is 1.53. The average Bonchev–Trinajstić information content (AvgIpc) is 3.07. The Morgan fingerprint density at radius 3 is 2.72 bits per heavy atom. The van der Waals surface area contributed by atoms with Crippen LogP contribution in [0.3, 0.4) is 0 Å². The maximum Gasteiger partial charge on any atom is 0.306 e. The highest BCUT2D eigenvalue weighted by molar-refractivity contribution is 7.15. The third kappa shape index (κ3) is 4.19. The summed E-state index contributed by atoms with van der Waals surface area (Å²) in [6, 6.07) is 8.55. The molecule has 0 radical (unpaired) electrons. The fraction of sp³-hybridized carbons (Fsp3) is 0.222. The molecule has 128 valence electrons. The van der Waals surface area contributed by atoms with Gasteiger partial charge in [0.2, 0.25) is 0 Å². The second kappa shape index (κ2) is 7.40. The number of hydrogen-bond donors (Lipinski definition) is 0. The Morgan fingerprint density at radius 2 is 1.96 bits per heavy atom. The van der Waals surface area contributed by atoms with Gasteiger partial charge in [-0.1, -0.05) is 29.8 Å². The Bertz CT molecular complexity index is 973.